The average molecular weight is 269 g/mol. The predicted molar refractivity (Wildman–Crippen MR) is 61.6 cm³/mol. The van der Waals surface area contributed by atoms with E-state index >= 15 is 0 Å². The van der Waals surface area contributed by atoms with Gasteiger partial charge in [-0.2, -0.15) is 0 Å². The quantitative estimate of drug-likeness (QED) is 0.621. The number of nitro groups is 1. The number of aromatic hydroxyl groups is 1. The molecule has 1 heterocycles. The number of carbonyl (C=O) groups is 1. The Hall–Kier alpha value is -2.35. The Morgan fingerprint density at radius 3 is 2.79 bits per heavy atom. The zero-order chi connectivity index (χ0) is 14.0. The van der Waals surface area contributed by atoms with Gasteiger partial charge in [-0.05, 0) is 0 Å². The minimum atomic E-state index is -1.46. The van der Waals surface area contributed by atoms with Crippen LogP contribution in [0.25, 0.3) is 0 Å². The summed E-state index contributed by atoms with van der Waals surface area (Å²) in [6.07, 6.45) is 0.313. The number of carboxylic acid groups (broad SMARTS) is 1. The van der Waals surface area contributed by atoms with E-state index in [0.29, 0.717) is 19.6 Å². The Morgan fingerprint density at radius 1 is 1.53 bits per heavy atom. The molecule has 8 heteroatoms. The summed E-state index contributed by atoms with van der Waals surface area (Å²) in [5.41, 5.74) is -1.21. The van der Waals surface area contributed by atoms with Gasteiger partial charge in [-0.25, -0.2) is 4.79 Å². The Kier molecular flexibility index (Phi) is 3.52. The largest absolute Gasteiger partial charge is 0.504 e. The first-order valence-corrected chi connectivity index (χ1v) is 5.48. The van der Waals surface area contributed by atoms with E-state index in [9.17, 15) is 20.0 Å². The van der Waals surface area contributed by atoms with Gasteiger partial charge in [0.25, 0.3) is 5.69 Å². The van der Waals surface area contributed by atoms with Gasteiger partial charge in [0.1, 0.15) is 11.7 Å². The molecule has 8 nitrogen and oxygen atoms in total. The standard InChI is InChI=1S/C11H11NO7/c13-9-4-8(12(16)17)7(11(14)15)3-10(9)19-6-1-2-18-5-6/h3-4,6,13H,1-2,5H2,(H,14,15). The molecule has 1 aliphatic heterocycles. The highest BCUT2D eigenvalue weighted by molar-refractivity contribution is 5.93. The lowest BCUT2D eigenvalue weighted by Gasteiger charge is -2.13. The van der Waals surface area contributed by atoms with Crippen LogP contribution in [-0.4, -0.2) is 40.4 Å². The molecule has 2 N–H and O–H groups in total. The number of phenols is 1. The highest BCUT2D eigenvalue weighted by atomic mass is 16.6. The molecule has 0 aliphatic carbocycles. The van der Waals surface area contributed by atoms with Crippen molar-refractivity contribution in [3.63, 3.8) is 0 Å². The molecule has 1 unspecified atom stereocenters. The van der Waals surface area contributed by atoms with Gasteiger partial charge in [0, 0.05) is 12.5 Å². The summed E-state index contributed by atoms with van der Waals surface area (Å²) in [7, 11) is 0. The monoisotopic (exact) mass is 269 g/mol. The van der Waals surface area contributed by atoms with E-state index in [1.807, 2.05) is 0 Å². The Morgan fingerprint density at radius 2 is 2.26 bits per heavy atom. The summed E-state index contributed by atoms with van der Waals surface area (Å²) in [6, 6.07) is 1.72. The smallest absolute Gasteiger partial charge is 0.342 e. The van der Waals surface area contributed by atoms with Crippen LogP contribution in [-0.2, 0) is 4.74 Å². The van der Waals surface area contributed by atoms with Crippen molar-refractivity contribution in [1.82, 2.24) is 0 Å². The number of aromatic carboxylic acids is 1. The fraction of sp³-hybridized carbons (Fsp3) is 0.364. The molecule has 1 atom stereocenters. The topological polar surface area (TPSA) is 119 Å². The second kappa shape index (κ2) is 5.11. The first-order chi connectivity index (χ1) is 8.99. The van der Waals surface area contributed by atoms with Crippen LogP contribution in [0.2, 0.25) is 0 Å². The van der Waals surface area contributed by atoms with Crippen LogP contribution in [0.1, 0.15) is 16.8 Å². The van der Waals surface area contributed by atoms with Crippen molar-refractivity contribution >= 4 is 11.7 Å². The van der Waals surface area contributed by atoms with Gasteiger partial charge in [-0.1, -0.05) is 0 Å². The highest BCUT2D eigenvalue weighted by Crippen LogP contribution is 2.35. The molecule has 0 saturated carbocycles. The van der Waals surface area contributed by atoms with Crippen molar-refractivity contribution < 1.29 is 29.4 Å². The van der Waals surface area contributed by atoms with E-state index in [1.165, 1.54) is 0 Å². The van der Waals surface area contributed by atoms with Crippen LogP contribution < -0.4 is 4.74 Å². The molecule has 0 amide bonds. The van der Waals surface area contributed by atoms with E-state index in [4.69, 9.17) is 14.6 Å². The van der Waals surface area contributed by atoms with Crippen molar-refractivity contribution in [2.75, 3.05) is 13.2 Å². The molecule has 19 heavy (non-hydrogen) atoms. The molecule has 102 valence electrons. The summed E-state index contributed by atoms with van der Waals surface area (Å²) in [5.74, 6) is -2.03. The third-order valence-electron chi connectivity index (χ3n) is 2.69. The Labute approximate surface area is 107 Å². The summed E-state index contributed by atoms with van der Waals surface area (Å²) >= 11 is 0. The van der Waals surface area contributed by atoms with Crippen LogP contribution in [0, 0.1) is 10.1 Å². The third-order valence-corrected chi connectivity index (χ3v) is 2.69. The van der Waals surface area contributed by atoms with E-state index in [0.717, 1.165) is 12.1 Å². The Balaban J connectivity index is 2.36. The van der Waals surface area contributed by atoms with E-state index < -0.39 is 27.9 Å². The van der Waals surface area contributed by atoms with Crippen LogP contribution in [0.3, 0.4) is 0 Å². The minimum absolute atomic E-state index is 0.0986. The summed E-state index contributed by atoms with van der Waals surface area (Å²) in [4.78, 5) is 20.8. The normalized spacial score (nSPS) is 18.2. The molecule has 0 radical (unpaired) electrons. The number of ether oxygens (including phenoxy) is 2. The number of nitro benzene ring substituents is 1. The number of carboxylic acids is 1. The maximum Gasteiger partial charge on any atom is 0.342 e. The van der Waals surface area contributed by atoms with Crippen LogP contribution >= 0.6 is 0 Å². The van der Waals surface area contributed by atoms with Gasteiger partial charge in [-0.15, -0.1) is 0 Å². The summed E-state index contributed by atoms with van der Waals surface area (Å²) in [5, 5.41) is 29.3. The van der Waals surface area contributed by atoms with E-state index in [1.54, 1.807) is 0 Å². The second-order valence-electron chi connectivity index (χ2n) is 4.00. The van der Waals surface area contributed by atoms with Gasteiger partial charge in [0.15, 0.2) is 11.5 Å². The average Bonchev–Trinajstić information content (AvgIpc) is 2.83. The molecule has 0 spiro atoms. The molecule has 1 fully saturated rings. The molecule has 2 rings (SSSR count). The fourth-order valence-corrected chi connectivity index (χ4v) is 1.76. The van der Waals surface area contributed by atoms with Gasteiger partial charge < -0.3 is 19.7 Å². The lowest BCUT2D eigenvalue weighted by atomic mass is 10.1. The van der Waals surface area contributed by atoms with Crippen LogP contribution in [0.15, 0.2) is 12.1 Å². The van der Waals surface area contributed by atoms with Gasteiger partial charge in [-0.3, -0.25) is 10.1 Å². The highest BCUT2D eigenvalue weighted by Gasteiger charge is 2.26. The van der Waals surface area contributed by atoms with E-state index in [-0.39, 0.29) is 11.9 Å². The number of nitrogens with zero attached hydrogens (tertiary/aromatic N) is 1. The number of benzene rings is 1. The second-order valence-corrected chi connectivity index (χ2v) is 4.00. The molecule has 1 saturated heterocycles. The minimum Gasteiger partial charge on any atom is -0.504 e. The van der Waals surface area contributed by atoms with Crippen molar-refractivity contribution in [3.8, 4) is 11.5 Å². The molecule has 1 aliphatic rings. The zero-order valence-corrected chi connectivity index (χ0v) is 9.74. The lowest BCUT2D eigenvalue weighted by molar-refractivity contribution is -0.385. The lowest BCUT2D eigenvalue weighted by Crippen LogP contribution is -2.16. The van der Waals surface area contributed by atoms with Crippen molar-refractivity contribution in [2.24, 2.45) is 0 Å². The maximum atomic E-state index is 11.0. The summed E-state index contributed by atoms with van der Waals surface area (Å²) < 4.78 is 10.4. The molecule has 1 aromatic rings. The first kappa shape index (κ1) is 13.1. The van der Waals surface area contributed by atoms with Crippen molar-refractivity contribution in [3.05, 3.63) is 27.8 Å². The van der Waals surface area contributed by atoms with E-state index in [2.05, 4.69) is 0 Å². The Bertz CT molecular complexity index is 522. The zero-order valence-electron chi connectivity index (χ0n) is 9.74. The molecule has 0 bridgehead atoms. The number of phenolic OH excluding ortho intramolecular Hbond substituents is 1. The van der Waals surface area contributed by atoms with Gasteiger partial charge in [0.05, 0.1) is 24.2 Å². The number of hydrogen-bond donors (Lipinski definition) is 2. The predicted octanol–water partition coefficient (Wildman–Crippen LogP) is 1.17. The number of hydrogen-bond acceptors (Lipinski definition) is 6. The molecular weight excluding hydrogens is 258 g/mol. The summed E-state index contributed by atoms with van der Waals surface area (Å²) in [6.45, 7) is 0.850. The first-order valence-electron chi connectivity index (χ1n) is 5.48. The SMILES string of the molecule is O=C(O)c1cc(OC2CCOC2)c(O)cc1[N+](=O)[O-]. The molecule has 1 aromatic carbocycles. The molecular formula is C11H11NO7. The van der Waals surface area contributed by atoms with Gasteiger partial charge >= 0.3 is 5.97 Å². The fourth-order valence-electron chi connectivity index (χ4n) is 1.76. The van der Waals surface area contributed by atoms with Crippen LogP contribution in [0.4, 0.5) is 5.69 Å². The maximum absolute atomic E-state index is 11.0. The van der Waals surface area contributed by atoms with Crippen LogP contribution in [0.5, 0.6) is 11.5 Å². The third kappa shape index (κ3) is 2.74. The van der Waals surface area contributed by atoms with Gasteiger partial charge in [0.2, 0.25) is 0 Å². The van der Waals surface area contributed by atoms with Crippen molar-refractivity contribution in [1.29, 1.82) is 0 Å². The van der Waals surface area contributed by atoms with Crippen molar-refractivity contribution in [2.45, 2.75) is 12.5 Å². The molecule has 0 aromatic heterocycles. The number of rotatable bonds is 4.